The molecule has 0 saturated heterocycles. The van der Waals surface area contributed by atoms with Gasteiger partial charge in [0.2, 0.25) is 0 Å². The number of fused-ring (bicyclic) bond motifs is 3. The fourth-order valence-electron chi connectivity index (χ4n) is 5.90. The van der Waals surface area contributed by atoms with Crippen LogP contribution in [0, 0.1) is 0 Å². The van der Waals surface area contributed by atoms with E-state index < -0.39 is 14.3 Å². The summed E-state index contributed by atoms with van der Waals surface area (Å²) in [7, 11) is -6.10. The molecule has 200 valence electrons. The Hall–Kier alpha value is -3.74. The molecule has 2 unspecified atom stereocenters. The standard InChI is InChI=1S/C36H28O2P2S/c37-39(27-13-5-1-6-14-27,28-15-7-2-8-16-28)31-21-23-35-33(25-31)34-26-32(22-24-36(34)41-35)40(38,29-17-9-3-10-18-29)30-19-11-4-12-20-30/h1-19,21-26,30H,20H2. The lowest BCUT2D eigenvalue weighted by atomic mass is 10.1. The van der Waals surface area contributed by atoms with Crippen LogP contribution in [0.5, 0.6) is 0 Å². The van der Waals surface area contributed by atoms with E-state index >= 15 is 9.13 Å². The highest BCUT2D eigenvalue weighted by atomic mass is 32.1. The van der Waals surface area contributed by atoms with Gasteiger partial charge in [0.25, 0.3) is 0 Å². The van der Waals surface area contributed by atoms with E-state index in [0.717, 1.165) is 53.1 Å². The summed E-state index contributed by atoms with van der Waals surface area (Å²) in [6.45, 7) is 0. The van der Waals surface area contributed by atoms with E-state index in [0.29, 0.717) is 0 Å². The molecule has 7 rings (SSSR count). The summed E-state index contributed by atoms with van der Waals surface area (Å²) < 4.78 is 32.5. The molecule has 1 aliphatic rings. The highest BCUT2D eigenvalue weighted by Crippen LogP contribution is 2.52. The van der Waals surface area contributed by atoms with Crippen LogP contribution in [-0.2, 0) is 9.13 Å². The smallest absolute Gasteiger partial charge is 0.171 e. The van der Waals surface area contributed by atoms with Crippen molar-refractivity contribution >= 4 is 72.3 Å². The molecule has 0 radical (unpaired) electrons. The Labute approximate surface area is 244 Å². The average molecular weight is 587 g/mol. The van der Waals surface area contributed by atoms with Crippen LogP contribution in [0.1, 0.15) is 6.42 Å². The van der Waals surface area contributed by atoms with E-state index in [4.69, 9.17) is 0 Å². The van der Waals surface area contributed by atoms with Crippen molar-refractivity contribution in [3.63, 3.8) is 0 Å². The molecule has 0 fully saturated rings. The van der Waals surface area contributed by atoms with E-state index in [2.05, 4.69) is 42.5 Å². The molecule has 2 nitrogen and oxygen atoms in total. The first-order valence-electron chi connectivity index (χ1n) is 13.8. The quantitative estimate of drug-likeness (QED) is 0.186. The molecule has 1 aromatic heterocycles. The van der Waals surface area contributed by atoms with Crippen molar-refractivity contribution in [1.29, 1.82) is 0 Å². The number of hydrogen-bond acceptors (Lipinski definition) is 3. The predicted octanol–water partition coefficient (Wildman–Crippen LogP) is 7.89. The zero-order chi connectivity index (χ0) is 27.9. The molecule has 2 atom stereocenters. The van der Waals surface area contributed by atoms with Crippen LogP contribution in [-0.4, -0.2) is 5.66 Å². The third-order valence-electron chi connectivity index (χ3n) is 7.99. The Bertz CT molecular complexity index is 1980. The molecule has 1 heterocycles. The first-order chi connectivity index (χ1) is 20.1. The van der Waals surface area contributed by atoms with Crippen molar-refractivity contribution in [2.75, 3.05) is 0 Å². The number of hydrogen-bond donors (Lipinski definition) is 0. The van der Waals surface area contributed by atoms with Gasteiger partial charge in [0, 0.05) is 52.4 Å². The van der Waals surface area contributed by atoms with Gasteiger partial charge in [-0.25, -0.2) is 0 Å². The molecule has 5 heteroatoms. The fraction of sp³-hybridized carbons (Fsp3) is 0.0556. The molecular weight excluding hydrogens is 558 g/mol. The number of allylic oxidation sites excluding steroid dienone is 4. The van der Waals surface area contributed by atoms with Crippen LogP contribution in [0.3, 0.4) is 0 Å². The molecule has 0 saturated carbocycles. The largest absolute Gasteiger partial charge is 0.313 e. The van der Waals surface area contributed by atoms with E-state index in [9.17, 15) is 0 Å². The SMILES string of the molecule is O=P(c1ccccc1)(c1ccccc1)c1ccc2sc3ccc(P(=O)(c4ccccc4)C4C=CC=CC4)cc3c2c1. The highest BCUT2D eigenvalue weighted by Gasteiger charge is 2.35. The predicted molar refractivity (Wildman–Crippen MR) is 179 cm³/mol. The van der Waals surface area contributed by atoms with Gasteiger partial charge in [0.1, 0.15) is 7.14 Å². The molecule has 0 aliphatic heterocycles. The van der Waals surface area contributed by atoms with Crippen LogP contribution in [0.15, 0.2) is 152 Å². The fourth-order valence-corrected chi connectivity index (χ4v) is 12.7. The molecule has 0 spiro atoms. The minimum atomic E-state index is -3.12. The second kappa shape index (κ2) is 10.6. The molecule has 5 aromatic carbocycles. The van der Waals surface area contributed by atoms with Crippen molar-refractivity contribution in [2.45, 2.75) is 12.1 Å². The average Bonchev–Trinajstić information content (AvgIpc) is 3.43. The third kappa shape index (κ3) is 4.41. The highest BCUT2D eigenvalue weighted by molar-refractivity contribution is 7.85. The summed E-state index contributed by atoms with van der Waals surface area (Å²) in [6.07, 6.45) is 8.99. The Morgan fingerprint density at radius 1 is 0.537 bits per heavy atom. The Morgan fingerprint density at radius 3 is 1.59 bits per heavy atom. The lowest BCUT2D eigenvalue weighted by molar-refractivity contribution is 0.582. The van der Waals surface area contributed by atoms with Crippen molar-refractivity contribution in [2.24, 2.45) is 0 Å². The van der Waals surface area contributed by atoms with Gasteiger partial charge in [0.05, 0.1) is 0 Å². The zero-order valence-corrected chi connectivity index (χ0v) is 24.9. The van der Waals surface area contributed by atoms with Crippen LogP contribution < -0.4 is 26.5 Å². The summed E-state index contributed by atoms with van der Waals surface area (Å²) in [5, 5.41) is 6.29. The number of benzene rings is 5. The van der Waals surface area contributed by atoms with Crippen LogP contribution in [0.2, 0.25) is 0 Å². The van der Waals surface area contributed by atoms with Gasteiger partial charge in [0.15, 0.2) is 7.14 Å². The topological polar surface area (TPSA) is 34.1 Å². The van der Waals surface area contributed by atoms with Crippen LogP contribution in [0.4, 0.5) is 0 Å². The minimum absolute atomic E-state index is 0.0933. The second-order valence-corrected chi connectivity index (χ2v) is 17.2. The summed E-state index contributed by atoms with van der Waals surface area (Å²) >= 11 is 1.72. The lowest BCUT2D eigenvalue weighted by Crippen LogP contribution is -2.25. The van der Waals surface area contributed by atoms with Crippen LogP contribution in [0.25, 0.3) is 20.2 Å². The monoisotopic (exact) mass is 586 g/mol. The Balaban J connectivity index is 1.45. The third-order valence-corrected chi connectivity index (χ3v) is 15.6. The minimum Gasteiger partial charge on any atom is -0.313 e. The van der Waals surface area contributed by atoms with E-state index in [-0.39, 0.29) is 5.66 Å². The first kappa shape index (κ1) is 26.2. The maximum atomic E-state index is 15.1. The Morgan fingerprint density at radius 2 is 1.05 bits per heavy atom. The van der Waals surface area contributed by atoms with Gasteiger partial charge in [-0.15, -0.1) is 11.3 Å². The maximum Gasteiger partial charge on any atom is 0.171 e. The van der Waals surface area contributed by atoms with Crippen LogP contribution >= 0.6 is 25.6 Å². The molecule has 1 aliphatic carbocycles. The molecule has 0 N–H and O–H groups in total. The van der Waals surface area contributed by atoms with Gasteiger partial charge >= 0.3 is 0 Å². The van der Waals surface area contributed by atoms with Gasteiger partial charge < -0.3 is 9.13 Å². The van der Waals surface area contributed by atoms with E-state index in [1.807, 2.05) is 109 Å². The van der Waals surface area contributed by atoms with Crippen molar-refractivity contribution in [3.8, 4) is 0 Å². The molecule has 0 bridgehead atoms. The summed E-state index contributed by atoms with van der Waals surface area (Å²) in [5.74, 6) is 0. The molecule has 0 amide bonds. The van der Waals surface area contributed by atoms with Gasteiger partial charge in [-0.05, 0) is 42.8 Å². The van der Waals surface area contributed by atoms with Gasteiger partial charge in [-0.3, -0.25) is 0 Å². The van der Waals surface area contributed by atoms with E-state index in [1.165, 1.54) is 0 Å². The Kier molecular flexibility index (Phi) is 6.76. The van der Waals surface area contributed by atoms with Crippen molar-refractivity contribution < 1.29 is 9.13 Å². The van der Waals surface area contributed by atoms with E-state index in [1.54, 1.807) is 11.3 Å². The summed E-state index contributed by atoms with van der Waals surface area (Å²) in [6, 6.07) is 42.0. The zero-order valence-electron chi connectivity index (χ0n) is 22.3. The lowest BCUT2D eigenvalue weighted by Gasteiger charge is -2.27. The first-order valence-corrected chi connectivity index (χ1v) is 18.1. The number of thiophene rings is 1. The van der Waals surface area contributed by atoms with Gasteiger partial charge in [-0.2, -0.15) is 0 Å². The van der Waals surface area contributed by atoms with Crippen molar-refractivity contribution in [1.82, 2.24) is 0 Å². The number of rotatable bonds is 6. The van der Waals surface area contributed by atoms with Crippen molar-refractivity contribution in [3.05, 3.63) is 152 Å². The second-order valence-electron chi connectivity index (χ2n) is 10.4. The van der Waals surface area contributed by atoms with Gasteiger partial charge in [-0.1, -0.05) is 115 Å². The normalized spacial score (nSPS) is 16.6. The molecule has 6 aromatic rings. The molecular formula is C36H28O2P2S. The summed E-state index contributed by atoms with van der Waals surface area (Å²) in [4.78, 5) is 0. The maximum absolute atomic E-state index is 15.1. The summed E-state index contributed by atoms with van der Waals surface area (Å²) in [5.41, 5.74) is -0.0933. The molecule has 41 heavy (non-hydrogen) atoms.